The van der Waals surface area contributed by atoms with Crippen LogP contribution < -0.4 is 0 Å². The minimum absolute atomic E-state index is 0.294. The monoisotopic (exact) mass is 220 g/mol. The topological polar surface area (TPSA) is 60.9 Å². The lowest BCUT2D eigenvalue weighted by molar-refractivity contribution is 0.0888. The van der Waals surface area contributed by atoms with Gasteiger partial charge in [0.05, 0.1) is 0 Å². The summed E-state index contributed by atoms with van der Waals surface area (Å²) in [6.07, 6.45) is 3.62. The smallest absolute Gasteiger partial charge is 0.269 e. The number of hydrogen-bond acceptors (Lipinski definition) is 4. The van der Waals surface area contributed by atoms with Crippen molar-refractivity contribution >= 4 is 10.1 Å². The van der Waals surface area contributed by atoms with Crippen LogP contribution >= 0.6 is 0 Å². The fraction of sp³-hybridized carbons (Fsp3) is 0.750. The maximum absolute atomic E-state index is 10.9. The maximum Gasteiger partial charge on any atom is 0.269 e. The van der Waals surface area contributed by atoms with Crippen molar-refractivity contribution in [2.45, 2.75) is 19.5 Å². The molecule has 82 valence electrons. The van der Waals surface area contributed by atoms with Crippen LogP contribution in [0.3, 0.4) is 0 Å². The minimum atomic E-state index is -3.97. The second-order valence-electron chi connectivity index (χ2n) is 3.64. The molecule has 1 N–H and O–H groups in total. The van der Waals surface area contributed by atoms with Gasteiger partial charge in [0.15, 0.2) is 0 Å². The molecule has 0 amide bonds. The predicted octanol–water partition coefficient (Wildman–Crippen LogP) is 0.329. The van der Waals surface area contributed by atoms with Crippen LogP contribution in [0.2, 0.25) is 0 Å². The van der Waals surface area contributed by atoms with Gasteiger partial charge >= 0.3 is 0 Å². The molecule has 0 aromatic heterocycles. The molecule has 0 bridgehead atoms. The van der Waals surface area contributed by atoms with Gasteiger partial charge in [-0.1, -0.05) is 0 Å². The summed E-state index contributed by atoms with van der Waals surface area (Å²) >= 11 is 0. The molecule has 0 aliphatic carbocycles. The molecule has 1 unspecified atom stereocenters. The van der Waals surface area contributed by atoms with Crippen LogP contribution in [0.1, 0.15) is 13.8 Å². The summed E-state index contributed by atoms with van der Waals surface area (Å²) in [6, 6.07) is 0. The van der Waals surface area contributed by atoms with Crippen molar-refractivity contribution in [3.8, 4) is 0 Å². The van der Waals surface area contributed by atoms with E-state index in [1.54, 1.807) is 25.1 Å². The van der Waals surface area contributed by atoms with Crippen LogP contribution in [-0.4, -0.2) is 47.8 Å². The van der Waals surface area contributed by atoms with Crippen molar-refractivity contribution in [2.24, 2.45) is 0 Å². The first-order valence-electron chi connectivity index (χ1n) is 4.43. The van der Waals surface area contributed by atoms with Crippen LogP contribution in [-0.2, 0) is 10.1 Å². The van der Waals surface area contributed by atoms with E-state index in [4.69, 9.17) is 4.55 Å². The highest BCUT2D eigenvalue weighted by Crippen LogP contribution is 2.26. The maximum atomic E-state index is 10.9. The average Bonchev–Trinajstić information content (AvgIpc) is 2.25. The van der Waals surface area contributed by atoms with Gasteiger partial charge in [0.1, 0.15) is 11.4 Å². The van der Waals surface area contributed by atoms with Crippen LogP contribution in [0, 0.1) is 0 Å². The van der Waals surface area contributed by atoms with Gasteiger partial charge in [0.25, 0.3) is 10.1 Å². The molecule has 6 heteroatoms. The first kappa shape index (κ1) is 11.3. The van der Waals surface area contributed by atoms with Gasteiger partial charge in [0, 0.05) is 26.0 Å². The zero-order chi connectivity index (χ0) is 11.0. The second kappa shape index (κ2) is 3.43. The standard InChI is InChI=1S/C8H16N2O3S/c1-4-10-6-5-9(3)8(10,2)7-14(11,12)13/h5-6H,4,7H2,1-3H3,(H,11,12,13). The highest BCUT2D eigenvalue weighted by atomic mass is 32.2. The Kier molecular flexibility index (Phi) is 2.78. The van der Waals surface area contributed by atoms with E-state index in [0.29, 0.717) is 6.54 Å². The summed E-state index contributed by atoms with van der Waals surface area (Å²) < 4.78 is 30.6. The number of nitrogens with zero attached hydrogens (tertiary/aromatic N) is 2. The summed E-state index contributed by atoms with van der Waals surface area (Å²) in [7, 11) is -2.18. The Hall–Kier alpha value is -0.750. The highest BCUT2D eigenvalue weighted by Gasteiger charge is 2.39. The van der Waals surface area contributed by atoms with E-state index in [2.05, 4.69) is 0 Å². The fourth-order valence-corrected chi connectivity index (χ4v) is 2.74. The van der Waals surface area contributed by atoms with Gasteiger partial charge in [-0.05, 0) is 13.8 Å². The van der Waals surface area contributed by atoms with Crippen molar-refractivity contribution in [3.63, 3.8) is 0 Å². The Bertz CT molecular complexity index is 338. The van der Waals surface area contributed by atoms with E-state index in [1.807, 2.05) is 18.0 Å². The van der Waals surface area contributed by atoms with Crippen molar-refractivity contribution in [1.82, 2.24) is 9.80 Å². The average molecular weight is 220 g/mol. The Morgan fingerprint density at radius 1 is 1.43 bits per heavy atom. The molecule has 1 aliphatic heterocycles. The third-order valence-corrected chi connectivity index (χ3v) is 3.56. The summed E-state index contributed by atoms with van der Waals surface area (Å²) in [5.41, 5.74) is -0.678. The molecular formula is C8H16N2O3S. The van der Waals surface area contributed by atoms with Crippen molar-refractivity contribution < 1.29 is 13.0 Å². The van der Waals surface area contributed by atoms with Gasteiger partial charge in [-0.25, -0.2) is 0 Å². The van der Waals surface area contributed by atoms with Gasteiger partial charge < -0.3 is 9.80 Å². The molecule has 1 atom stereocenters. The number of hydrogen-bond donors (Lipinski definition) is 1. The van der Waals surface area contributed by atoms with Crippen LogP contribution in [0.25, 0.3) is 0 Å². The van der Waals surface area contributed by atoms with Gasteiger partial charge in [-0.3, -0.25) is 4.55 Å². The molecule has 0 aromatic carbocycles. The molecule has 1 rings (SSSR count). The van der Waals surface area contributed by atoms with Crippen molar-refractivity contribution in [3.05, 3.63) is 12.4 Å². The molecular weight excluding hydrogens is 204 g/mol. The van der Waals surface area contributed by atoms with Crippen LogP contribution in [0.5, 0.6) is 0 Å². The van der Waals surface area contributed by atoms with Crippen LogP contribution in [0.4, 0.5) is 0 Å². The molecule has 1 aliphatic rings. The second-order valence-corrected chi connectivity index (χ2v) is 5.09. The van der Waals surface area contributed by atoms with E-state index in [-0.39, 0.29) is 5.75 Å². The first-order chi connectivity index (χ1) is 6.29. The fourth-order valence-electron chi connectivity index (χ4n) is 1.68. The quantitative estimate of drug-likeness (QED) is 0.694. The zero-order valence-corrected chi connectivity index (χ0v) is 9.45. The van der Waals surface area contributed by atoms with Crippen LogP contribution in [0.15, 0.2) is 12.4 Å². The largest absolute Gasteiger partial charge is 0.356 e. The molecule has 0 radical (unpaired) electrons. The lowest BCUT2D eigenvalue weighted by Crippen LogP contribution is -2.53. The van der Waals surface area contributed by atoms with Gasteiger partial charge in [0.2, 0.25) is 0 Å². The third kappa shape index (κ3) is 2.01. The van der Waals surface area contributed by atoms with E-state index >= 15 is 0 Å². The lowest BCUT2D eigenvalue weighted by Gasteiger charge is -2.40. The Balaban J connectivity index is 2.92. The molecule has 5 nitrogen and oxygen atoms in total. The Morgan fingerprint density at radius 3 is 2.43 bits per heavy atom. The summed E-state index contributed by atoms with van der Waals surface area (Å²) in [6.45, 7) is 4.42. The molecule has 14 heavy (non-hydrogen) atoms. The van der Waals surface area contributed by atoms with E-state index < -0.39 is 15.8 Å². The van der Waals surface area contributed by atoms with Gasteiger partial charge in [-0.2, -0.15) is 8.42 Å². The third-order valence-electron chi connectivity index (χ3n) is 2.65. The SMILES string of the molecule is CCN1C=CN(C)C1(C)CS(=O)(=O)O. The van der Waals surface area contributed by atoms with E-state index in [1.165, 1.54) is 0 Å². The van der Waals surface area contributed by atoms with Gasteiger partial charge in [-0.15, -0.1) is 0 Å². The normalized spacial score (nSPS) is 27.4. The highest BCUT2D eigenvalue weighted by molar-refractivity contribution is 7.85. The first-order valence-corrected chi connectivity index (χ1v) is 6.03. The molecule has 0 spiro atoms. The predicted molar refractivity (Wildman–Crippen MR) is 54.1 cm³/mol. The van der Waals surface area contributed by atoms with Crippen molar-refractivity contribution in [2.75, 3.05) is 19.3 Å². The lowest BCUT2D eigenvalue weighted by atomic mass is 10.2. The minimum Gasteiger partial charge on any atom is -0.356 e. The molecule has 0 fully saturated rings. The molecule has 0 saturated carbocycles. The zero-order valence-electron chi connectivity index (χ0n) is 8.64. The van der Waals surface area contributed by atoms with E-state index in [9.17, 15) is 8.42 Å². The molecule has 1 heterocycles. The summed E-state index contributed by atoms with van der Waals surface area (Å²) in [4.78, 5) is 3.66. The summed E-state index contributed by atoms with van der Waals surface area (Å²) in [5.74, 6) is -0.294. The van der Waals surface area contributed by atoms with Crippen molar-refractivity contribution in [1.29, 1.82) is 0 Å². The molecule has 0 saturated heterocycles. The molecule has 0 aromatic rings. The Labute approximate surface area is 84.7 Å². The summed E-state index contributed by atoms with van der Waals surface area (Å²) in [5, 5.41) is 0. The Morgan fingerprint density at radius 2 is 2.00 bits per heavy atom. The number of rotatable bonds is 3. The van der Waals surface area contributed by atoms with E-state index in [0.717, 1.165) is 0 Å².